The van der Waals surface area contributed by atoms with E-state index in [2.05, 4.69) is 14.9 Å². The highest BCUT2D eigenvalue weighted by Gasteiger charge is 2.21. The average Bonchev–Trinajstić information content (AvgIpc) is 3.14. The molecule has 0 bridgehead atoms. The van der Waals surface area contributed by atoms with Gasteiger partial charge in [0.25, 0.3) is 5.56 Å². The summed E-state index contributed by atoms with van der Waals surface area (Å²) >= 11 is 9.23. The Kier molecular flexibility index (Phi) is 4.01. The Morgan fingerprint density at radius 1 is 1.30 bits per heavy atom. The van der Waals surface area contributed by atoms with Crippen LogP contribution in [0.3, 0.4) is 0 Å². The molecule has 0 fully saturated rings. The molecule has 3 aromatic heterocycles. The topological polar surface area (TPSA) is 49.0 Å². The van der Waals surface area contributed by atoms with Gasteiger partial charge in [0.15, 0.2) is 0 Å². The van der Waals surface area contributed by atoms with Gasteiger partial charge in [0.1, 0.15) is 10.7 Å². The van der Waals surface area contributed by atoms with Crippen molar-refractivity contribution in [3.8, 4) is 0 Å². The highest BCUT2D eigenvalue weighted by molar-refractivity contribution is 7.18. The molecule has 120 valence electrons. The minimum Gasteiger partial charge on any atom is -0.309 e. The fraction of sp³-hybridized carbons (Fsp3) is 0.375. The summed E-state index contributed by atoms with van der Waals surface area (Å²) in [5.41, 5.74) is 1.24. The summed E-state index contributed by atoms with van der Waals surface area (Å²) < 4.78 is 0.800. The maximum Gasteiger partial charge on any atom is 0.259 e. The van der Waals surface area contributed by atoms with Crippen molar-refractivity contribution in [3.63, 3.8) is 0 Å². The Bertz CT molecular complexity index is 927. The molecule has 4 nitrogen and oxygen atoms in total. The molecule has 4 rings (SSSR count). The second-order valence-corrected chi connectivity index (χ2v) is 8.81. The average molecular weight is 366 g/mol. The van der Waals surface area contributed by atoms with E-state index in [1.165, 1.54) is 15.3 Å². The van der Waals surface area contributed by atoms with Gasteiger partial charge in [-0.25, -0.2) is 4.98 Å². The number of rotatable bonds is 4. The summed E-state index contributed by atoms with van der Waals surface area (Å²) in [6.45, 7) is 1.41. The number of aryl methyl sites for hydroxylation is 2. The second kappa shape index (κ2) is 6.02. The molecule has 3 aromatic rings. The van der Waals surface area contributed by atoms with E-state index in [1.807, 2.05) is 19.2 Å². The van der Waals surface area contributed by atoms with Gasteiger partial charge in [0, 0.05) is 16.3 Å². The van der Waals surface area contributed by atoms with E-state index >= 15 is 0 Å². The van der Waals surface area contributed by atoms with Crippen LogP contribution in [0, 0.1) is 0 Å². The molecule has 0 spiro atoms. The van der Waals surface area contributed by atoms with Crippen LogP contribution in [-0.2, 0) is 25.9 Å². The van der Waals surface area contributed by atoms with Gasteiger partial charge in [-0.15, -0.1) is 22.7 Å². The smallest absolute Gasteiger partial charge is 0.259 e. The summed E-state index contributed by atoms with van der Waals surface area (Å²) in [5, 5.41) is 0.818. The molecule has 0 atom stereocenters. The first-order valence-corrected chi connectivity index (χ1v) is 9.57. The van der Waals surface area contributed by atoms with Crippen LogP contribution < -0.4 is 5.56 Å². The summed E-state index contributed by atoms with van der Waals surface area (Å²) in [5.74, 6) is 0.729. The first-order valence-electron chi connectivity index (χ1n) is 7.56. The van der Waals surface area contributed by atoms with Gasteiger partial charge in [-0.2, -0.15) is 0 Å². The lowest BCUT2D eigenvalue weighted by Crippen LogP contribution is -2.21. The Labute approximate surface area is 146 Å². The summed E-state index contributed by atoms with van der Waals surface area (Å²) in [4.78, 5) is 25.7. The molecular weight excluding hydrogens is 350 g/mol. The predicted octanol–water partition coefficient (Wildman–Crippen LogP) is 3.82. The lowest BCUT2D eigenvalue weighted by atomic mass is 10.2. The predicted molar refractivity (Wildman–Crippen MR) is 96.8 cm³/mol. The molecule has 1 aliphatic carbocycles. The Balaban J connectivity index is 1.58. The largest absolute Gasteiger partial charge is 0.309 e. The molecule has 3 heterocycles. The molecule has 0 unspecified atom stereocenters. The fourth-order valence-electron chi connectivity index (χ4n) is 3.14. The molecule has 7 heteroatoms. The van der Waals surface area contributed by atoms with Crippen molar-refractivity contribution < 1.29 is 0 Å². The van der Waals surface area contributed by atoms with Crippen LogP contribution in [0.4, 0.5) is 0 Å². The van der Waals surface area contributed by atoms with Gasteiger partial charge >= 0.3 is 0 Å². The van der Waals surface area contributed by atoms with Crippen LogP contribution in [0.15, 0.2) is 16.9 Å². The van der Waals surface area contributed by atoms with Crippen molar-refractivity contribution in [2.24, 2.45) is 0 Å². The molecule has 0 amide bonds. The number of aromatic amines is 1. The van der Waals surface area contributed by atoms with Gasteiger partial charge in [0.2, 0.25) is 0 Å². The molecular formula is C16H16ClN3OS2. The summed E-state index contributed by atoms with van der Waals surface area (Å²) in [6, 6.07) is 3.95. The van der Waals surface area contributed by atoms with Gasteiger partial charge in [-0.05, 0) is 44.0 Å². The van der Waals surface area contributed by atoms with Crippen LogP contribution in [-0.4, -0.2) is 21.9 Å². The molecule has 0 saturated carbocycles. The first-order chi connectivity index (χ1) is 11.1. The SMILES string of the molecule is CN(Cc1nc2sc3c(c2c(=O)[nH]1)CCC3)Cc1ccc(Cl)s1. The van der Waals surface area contributed by atoms with Crippen molar-refractivity contribution in [2.45, 2.75) is 32.4 Å². The Hall–Kier alpha value is -1.21. The first kappa shape index (κ1) is 15.3. The highest BCUT2D eigenvalue weighted by atomic mass is 35.5. The number of nitrogens with zero attached hydrogens (tertiary/aromatic N) is 2. The molecule has 1 aliphatic rings. The van der Waals surface area contributed by atoms with Gasteiger partial charge in [0.05, 0.1) is 16.3 Å². The Morgan fingerprint density at radius 3 is 2.96 bits per heavy atom. The van der Waals surface area contributed by atoms with Gasteiger partial charge < -0.3 is 4.98 Å². The van der Waals surface area contributed by atoms with E-state index in [9.17, 15) is 4.79 Å². The number of H-pyrrole nitrogens is 1. The molecule has 0 aromatic carbocycles. The number of hydrogen-bond donors (Lipinski definition) is 1. The van der Waals surface area contributed by atoms with Crippen LogP contribution in [0.2, 0.25) is 4.34 Å². The monoisotopic (exact) mass is 365 g/mol. The van der Waals surface area contributed by atoms with Crippen molar-refractivity contribution in [2.75, 3.05) is 7.05 Å². The number of aromatic nitrogens is 2. The number of fused-ring (bicyclic) bond motifs is 3. The Morgan fingerprint density at radius 2 is 2.17 bits per heavy atom. The van der Waals surface area contributed by atoms with Crippen LogP contribution in [0.1, 0.15) is 27.6 Å². The zero-order valence-corrected chi connectivity index (χ0v) is 15.1. The van der Waals surface area contributed by atoms with E-state index in [4.69, 9.17) is 11.6 Å². The van der Waals surface area contributed by atoms with E-state index in [-0.39, 0.29) is 5.56 Å². The van der Waals surface area contributed by atoms with Crippen molar-refractivity contribution in [1.82, 2.24) is 14.9 Å². The van der Waals surface area contributed by atoms with Gasteiger partial charge in [-0.1, -0.05) is 11.6 Å². The molecule has 0 radical (unpaired) electrons. The third-order valence-corrected chi connectivity index (χ3v) is 6.50. The quantitative estimate of drug-likeness (QED) is 0.764. The number of nitrogens with one attached hydrogen (secondary N) is 1. The third kappa shape index (κ3) is 2.96. The number of thiophene rings is 2. The number of halogens is 1. The molecule has 23 heavy (non-hydrogen) atoms. The zero-order valence-electron chi connectivity index (χ0n) is 12.7. The van der Waals surface area contributed by atoms with E-state index in [0.717, 1.165) is 46.2 Å². The van der Waals surface area contributed by atoms with E-state index in [0.29, 0.717) is 6.54 Å². The maximum absolute atomic E-state index is 12.4. The van der Waals surface area contributed by atoms with Crippen molar-refractivity contribution in [1.29, 1.82) is 0 Å². The lowest BCUT2D eigenvalue weighted by molar-refractivity contribution is 0.313. The summed E-state index contributed by atoms with van der Waals surface area (Å²) in [7, 11) is 2.02. The fourth-order valence-corrected chi connectivity index (χ4v) is 5.58. The lowest BCUT2D eigenvalue weighted by Gasteiger charge is -2.14. The normalized spacial score (nSPS) is 14.0. The van der Waals surface area contributed by atoms with Crippen LogP contribution >= 0.6 is 34.3 Å². The molecule has 0 saturated heterocycles. The van der Waals surface area contributed by atoms with Crippen LogP contribution in [0.5, 0.6) is 0 Å². The third-order valence-electron chi connectivity index (χ3n) is 4.10. The number of hydrogen-bond acceptors (Lipinski definition) is 5. The van der Waals surface area contributed by atoms with Gasteiger partial charge in [-0.3, -0.25) is 9.69 Å². The van der Waals surface area contributed by atoms with Crippen molar-refractivity contribution in [3.05, 3.63) is 48.0 Å². The summed E-state index contributed by atoms with van der Waals surface area (Å²) in [6.07, 6.45) is 3.26. The highest BCUT2D eigenvalue weighted by Crippen LogP contribution is 2.34. The minimum absolute atomic E-state index is 0.0111. The standard InChI is InChI=1S/C16H16ClN3OS2/c1-20(7-9-5-6-12(17)22-9)8-13-18-15(21)14-10-3-2-4-11(10)23-16(14)19-13/h5-6H,2-4,7-8H2,1H3,(H,18,19,21). The van der Waals surface area contributed by atoms with Crippen LogP contribution in [0.25, 0.3) is 10.2 Å². The van der Waals surface area contributed by atoms with E-state index in [1.54, 1.807) is 22.7 Å². The molecule has 1 N–H and O–H groups in total. The van der Waals surface area contributed by atoms with Crippen molar-refractivity contribution >= 4 is 44.5 Å². The van der Waals surface area contributed by atoms with E-state index < -0.39 is 0 Å². The second-order valence-electron chi connectivity index (χ2n) is 5.93. The molecule has 0 aliphatic heterocycles. The zero-order chi connectivity index (χ0) is 16.0. The maximum atomic E-state index is 12.4. The minimum atomic E-state index is 0.0111.